The monoisotopic (exact) mass is 831 g/mol. The van der Waals surface area contributed by atoms with E-state index in [-0.39, 0.29) is 32.1 Å². The fraction of sp³-hybridized carbons (Fsp3) is 0.261. The molecule has 14 heteroatoms. The molecule has 13 nitrogen and oxygen atoms in total. The summed E-state index contributed by atoms with van der Waals surface area (Å²) in [6.45, 7) is 0. The zero-order valence-corrected chi connectivity index (χ0v) is 34.0. The number of rotatable bonds is 21. The van der Waals surface area contributed by atoms with Crippen LogP contribution in [0.3, 0.4) is 0 Å². The van der Waals surface area contributed by atoms with Crippen LogP contribution in [0.1, 0.15) is 40.8 Å². The predicted octanol–water partition coefficient (Wildman–Crippen LogP) is 4.83. The molecule has 0 aliphatic heterocycles. The van der Waals surface area contributed by atoms with Gasteiger partial charge in [0.2, 0.25) is 23.6 Å². The molecule has 60 heavy (non-hydrogen) atoms. The number of methoxy groups -OCH3 is 1. The van der Waals surface area contributed by atoms with Crippen molar-refractivity contribution in [3.63, 3.8) is 0 Å². The van der Waals surface area contributed by atoms with Crippen molar-refractivity contribution in [2.24, 2.45) is 5.73 Å². The van der Waals surface area contributed by atoms with Gasteiger partial charge in [-0.25, -0.2) is 9.59 Å². The highest BCUT2D eigenvalue weighted by atomic mass is 32.1. The summed E-state index contributed by atoms with van der Waals surface area (Å²) in [5, 5.41) is 22.6. The number of amides is 4. The van der Waals surface area contributed by atoms with Gasteiger partial charge in [-0.2, -0.15) is 0 Å². The molecule has 1 heterocycles. The zero-order chi connectivity index (χ0) is 42.9. The number of carboxylic acid groups (broad SMARTS) is 1. The molecule has 0 saturated heterocycles. The minimum absolute atomic E-state index is 0.0314. The van der Waals surface area contributed by atoms with Crippen LogP contribution in [0, 0.1) is 0 Å². The second-order valence-electron chi connectivity index (χ2n) is 14.2. The molecule has 0 fully saturated rings. The molecule has 0 radical (unpaired) electrons. The van der Waals surface area contributed by atoms with E-state index in [1.807, 2.05) is 102 Å². The van der Waals surface area contributed by atoms with Gasteiger partial charge in [0.05, 0.1) is 13.2 Å². The second kappa shape index (κ2) is 22.5. The number of nitrogens with one attached hydrogen (secondary N) is 4. The van der Waals surface area contributed by atoms with Crippen LogP contribution in [0.2, 0.25) is 0 Å². The first kappa shape index (κ1) is 44.5. The molecular formula is C46H49N5O8S. The number of ether oxygens (including phenoxy) is 1. The topological polar surface area (TPSA) is 206 Å². The fourth-order valence-corrected chi connectivity index (χ4v) is 7.15. The van der Waals surface area contributed by atoms with Crippen LogP contribution >= 0.6 is 11.3 Å². The summed E-state index contributed by atoms with van der Waals surface area (Å²) >= 11 is 1.40. The molecular weight excluding hydrogens is 783 g/mol. The van der Waals surface area contributed by atoms with Gasteiger partial charge in [0.15, 0.2) is 0 Å². The molecule has 5 aromatic rings. The maximum absolute atomic E-state index is 13.5. The molecule has 4 atom stereocenters. The minimum atomic E-state index is -1.25. The van der Waals surface area contributed by atoms with Crippen molar-refractivity contribution in [3.05, 3.63) is 148 Å². The molecule has 5 rings (SSSR count). The first-order chi connectivity index (χ1) is 29.0. The van der Waals surface area contributed by atoms with Gasteiger partial charge < -0.3 is 36.8 Å². The Morgan fingerprint density at radius 1 is 0.617 bits per heavy atom. The van der Waals surface area contributed by atoms with Crippen LogP contribution in [-0.4, -0.2) is 72.0 Å². The van der Waals surface area contributed by atoms with E-state index < -0.39 is 59.7 Å². The first-order valence-corrected chi connectivity index (χ1v) is 20.4. The van der Waals surface area contributed by atoms with E-state index >= 15 is 0 Å². The number of anilines is 1. The highest BCUT2D eigenvalue weighted by Gasteiger charge is 2.28. The number of aliphatic carboxylic acids is 1. The van der Waals surface area contributed by atoms with Crippen LogP contribution < -0.4 is 27.0 Å². The zero-order valence-electron chi connectivity index (χ0n) is 33.2. The highest BCUT2D eigenvalue weighted by molar-refractivity contribution is 7.09. The third kappa shape index (κ3) is 14.0. The lowest BCUT2D eigenvalue weighted by atomic mass is 10.0. The van der Waals surface area contributed by atoms with Crippen molar-refractivity contribution in [2.45, 2.75) is 69.1 Å². The lowest BCUT2D eigenvalue weighted by molar-refractivity contribution is -0.145. The van der Waals surface area contributed by atoms with E-state index in [0.717, 1.165) is 21.6 Å². The first-order valence-electron chi connectivity index (χ1n) is 19.5. The van der Waals surface area contributed by atoms with Crippen LogP contribution in [0.4, 0.5) is 5.69 Å². The number of thiophene rings is 1. The Kier molecular flexibility index (Phi) is 16.7. The van der Waals surface area contributed by atoms with E-state index in [4.69, 9.17) is 10.5 Å². The number of benzene rings is 4. The number of hydrogen-bond donors (Lipinski definition) is 6. The van der Waals surface area contributed by atoms with Crippen LogP contribution in [0.15, 0.2) is 127 Å². The molecule has 0 bridgehead atoms. The summed E-state index contributed by atoms with van der Waals surface area (Å²) in [5.74, 6) is -3.99. The van der Waals surface area contributed by atoms with Crippen molar-refractivity contribution < 1.29 is 38.6 Å². The van der Waals surface area contributed by atoms with Gasteiger partial charge in [-0.3, -0.25) is 19.2 Å². The van der Waals surface area contributed by atoms with Gasteiger partial charge in [0.25, 0.3) is 0 Å². The van der Waals surface area contributed by atoms with Gasteiger partial charge in [-0.05, 0) is 64.2 Å². The number of esters is 1. The van der Waals surface area contributed by atoms with Gasteiger partial charge in [-0.1, -0.05) is 103 Å². The molecule has 0 aliphatic carbocycles. The van der Waals surface area contributed by atoms with Crippen LogP contribution in [0.5, 0.6) is 0 Å². The summed E-state index contributed by atoms with van der Waals surface area (Å²) in [6, 6.07) is 32.9. The third-order valence-corrected chi connectivity index (χ3v) is 10.6. The number of carbonyl (C=O) groups excluding carboxylic acids is 5. The standard InChI is InChI=1S/C46H49N5O8S/c1-59-46(58)40(51-43(54)37(47)23-18-30-9-4-2-5-10-30)28-32-16-21-35(22-17-32)48-41(52)24-25-42(53)49-38(29-36-13-8-26-60-36)44(55)50-39(45(56)57)27-31-14-19-34(20-15-31)33-11-6-3-7-12-33/h2-17,19-22,26,37-40H,18,23-25,27-29,47H2,1H3,(H,48,52)(H,49,53)(H,50,55)(H,51,54)(H,56,57)/t37-,38-,39+,40+/m1/s1. The van der Waals surface area contributed by atoms with Gasteiger partial charge in [-0.15, -0.1) is 11.3 Å². The minimum Gasteiger partial charge on any atom is -0.480 e. The molecule has 0 saturated carbocycles. The summed E-state index contributed by atoms with van der Waals surface area (Å²) in [5.41, 5.74) is 11.0. The summed E-state index contributed by atoms with van der Waals surface area (Å²) in [4.78, 5) is 77.9. The lowest BCUT2D eigenvalue weighted by Gasteiger charge is -2.21. The number of hydrogen-bond acceptors (Lipinski definition) is 9. The van der Waals surface area contributed by atoms with Crippen molar-refractivity contribution in [2.75, 3.05) is 12.4 Å². The molecule has 1 aromatic heterocycles. The van der Waals surface area contributed by atoms with Gasteiger partial charge >= 0.3 is 11.9 Å². The van der Waals surface area contributed by atoms with Crippen molar-refractivity contribution in [3.8, 4) is 11.1 Å². The molecule has 0 aliphatic rings. The maximum atomic E-state index is 13.5. The number of carboxylic acids is 1. The summed E-state index contributed by atoms with van der Waals surface area (Å²) < 4.78 is 4.91. The molecule has 4 aromatic carbocycles. The van der Waals surface area contributed by atoms with E-state index in [2.05, 4.69) is 21.3 Å². The van der Waals surface area contributed by atoms with Crippen LogP contribution in [-0.2, 0) is 59.2 Å². The average Bonchev–Trinajstić information content (AvgIpc) is 3.78. The van der Waals surface area contributed by atoms with E-state index in [1.165, 1.54) is 18.4 Å². The van der Waals surface area contributed by atoms with Crippen molar-refractivity contribution in [1.82, 2.24) is 16.0 Å². The molecule has 7 N–H and O–H groups in total. The van der Waals surface area contributed by atoms with E-state index in [1.54, 1.807) is 24.3 Å². The predicted molar refractivity (Wildman–Crippen MR) is 230 cm³/mol. The third-order valence-electron chi connectivity index (χ3n) is 9.74. The second-order valence-corrected chi connectivity index (χ2v) is 15.3. The highest BCUT2D eigenvalue weighted by Crippen LogP contribution is 2.20. The lowest BCUT2D eigenvalue weighted by Crippen LogP contribution is -2.53. The Balaban J connectivity index is 1.11. The summed E-state index contributed by atoms with van der Waals surface area (Å²) in [6.07, 6.45) is 0.848. The summed E-state index contributed by atoms with van der Waals surface area (Å²) in [7, 11) is 1.23. The number of carbonyl (C=O) groups is 6. The van der Waals surface area contributed by atoms with Crippen molar-refractivity contribution in [1.29, 1.82) is 0 Å². The maximum Gasteiger partial charge on any atom is 0.328 e. The Morgan fingerprint density at radius 2 is 1.20 bits per heavy atom. The Bertz CT molecular complexity index is 2180. The smallest absolute Gasteiger partial charge is 0.328 e. The number of nitrogens with two attached hydrogens (primary N) is 1. The van der Waals surface area contributed by atoms with Crippen molar-refractivity contribution >= 4 is 52.6 Å². The van der Waals surface area contributed by atoms with Gasteiger partial charge in [0.1, 0.15) is 18.1 Å². The number of aryl methyl sites for hydroxylation is 1. The molecule has 0 spiro atoms. The molecule has 0 unspecified atom stereocenters. The Morgan fingerprint density at radius 3 is 1.82 bits per heavy atom. The normalized spacial score (nSPS) is 12.8. The molecule has 4 amide bonds. The van der Waals surface area contributed by atoms with E-state index in [9.17, 15) is 33.9 Å². The van der Waals surface area contributed by atoms with E-state index in [0.29, 0.717) is 29.7 Å². The van der Waals surface area contributed by atoms with Gasteiger partial charge in [0, 0.05) is 42.7 Å². The largest absolute Gasteiger partial charge is 0.480 e. The SMILES string of the molecule is COC(=O)[C@H](Cc1ccc(NC(=O)CCC(=O)N[C@H](Cc2cccs2)C(=O)N[C@@H](Cc2ccc(-c3ccccc3)cc2)C(=O)O)cc1)NC(=O)[C@H](N)CCc1ccccc1. The molecule has 312 valence electrons. The Hall–Kier alpha value is -6.64. The quantitative estimate of drug-likeness (QED) is 0.0560. The fourth-order valence-electron chi connectivity index (χ4n) is 6.40. The Labute approximate surface area is 352 Å². The average molecular weight is 832 g/mol. The van der Waals surface area contributed by atoms with Crippen LogP contribution in [0.25, 0.3) is 11.1 Å².